The Morgan fingerprint density at radius 3 is 2.52 bits per heavy atom. The Morgan fingerprint density at radius 2 is 1.84 bits per heavy atom. The predicted molar refractivity (Wildman–Crippen MR) is 117 cm³/mol. The van der Waals surface area contributed by atoms with Crippen molar-refractivity contribution in [2.75, 3.05) is 5.32 Å². The van der Waals surface area contributed by atoms with Gasteiger partial charge in [-0.15, -0.1) is 0 Å². The first-order valence-corrected chi connectivity index (χ1v) is 10.6. The highest BCUT2D eigenvalue weighted by Gasteiger charge is 2.32. The Morgan fingerprint density at radius 1 is 1.06 bits per heavy atom. The van der Waals surface area contributed by atoms with Crippen molar-refractivity contribution in [3.63, 3.8) is 0 Å². The van der Waals surface area contributed by atoms with Crippen molar-refractivity contribution in [1.29, 1.82) is 0 Å². The minimum Gasteiger partial charge on any atom is -0.507 e. The lowest BCUT2D eigenvalue weighted by Crippen LogP contribution is -2.32. The van der Waals surface area contributed by atoms with Gasteiger partial charge in [0.05, 0.1) is 11.4 Å². The van der Waals surface area contributed by atoms with Crippen LogP contribution in [0.5, 0.6) is 5.75 Å². The highest BCUT2D eigenvalue weighted by atomic mass is 16.3. The Balaban J connectivity index is 1.39. The first-order chi connectivity index (χ1) is 15.0. The zero-order valence-electron chi connectivity index (χ0n) is 17.3. The van der Waals surface area contributed by atoms with Gasteiger partial charge in [0.15, 0.2) is 0 Å². The first-order valence-electron chi connectivity index (χ1n) is 10.6. The van der Waals surface area contributed by atoms with Crippen LogP contribution in [0, 0.1) is 6.92 Å². The molecule has 0 bridgehead atoms. The third-order valence-corrected chi connectivity index (χ3v) is 5.75. The van der Waals surface area contributed by atoms with Crippen LogP contribution in [-0.4, -0.2) is 32.9 Å². The summed E-state index contributed by atoms with van der Waals surface area (Å²) in [5.74, 6) is 0.0977. The molecule has 1 aromatic heterocycles. The van der Waals surface area contributed by atoms with Crippen LogP contribution in [0.25, 0.3) is 11.3 Å². The van der Waals surface area contributed by atoms with Gasteiger partial charge in [-0.1, -0.05) is 18.2 Å². The number of nitrogens with one attached hydrogen (secondary N) is 2. The Kier molecular flexibility index (Phi) is 4.73. The number of anilines is 1. The lowest BCUT2D eigenvalue weighted by molar-refractivity contribution is 0.102. The Hall–Kier alpha value is -3.61. The lowest BCUT2D eigenvalue weighted by atomic mass is 10.1. The van der Waals surface area contributed by atoms with Crippen molar-refractivity contribution in [1.82, 2.24) is 15.1 Å². The molecule has 31 heavy (non-hydrogen) atoms. The van der Waals surface area contributed by atoms with E-state index in [2.05, 4.69) is 15.7 Å². The van der Waals surface area contributed by atoms with Gasteiger partial charge < -0.3 is 15.7 Å². The number of amides is 2. The number of aromatic hydroxyl groups is 1. The van der Waals surface area contributed by atoms with Crippen LogP contribution in [0.3, 0.4) is 0 Å². The van der Waals surface area contributed by atoms with E-state index in [1.165, 1.54) is 10.7 Å². The number of nitrogens with zero attached hydrogens (tertiary/aromatic N) is 2. The number of carbonyl (C=O) groups is 2. The topological polar surface area (TPSA) is 96.3 Å². The van der Waals surface area contributed by atoms with E-state index < -0.39 is 0 Å². The van der Waals surface area contributed by atoms with E-state index in [0.717, 1.165) is 36.9 Å². The minimum absolute atomic E-state index is 0.00261. The quantitative estimate of drug-likeness (QED) is 0.574. The predicted octanol–water partition coefficient (Wildman–Crippen LogP) is 4.41. The minimum atomic E-state index is -0.234. The summed E-state index contributed by atoms with van der Waals surface area (Å²) in [7, 11) is 0. The number of phenols is 1. The van der Waals surface area contributed by atoms with Gasteiger partial charge >= 0.3 is 6.03 Å². The molecule has 5 rings (SSSR count). The first kappa shape index (κ1) is 19.4. The van der Waals surface area contributed by atoms with Crippen LogP contribution >= 0.6 is 0 Å². The van der Waals surface area contributed by atoms with Gasteiger partial charge in [-0.2, -0.15) is 9.78 Å². The summed E-state index contributed by atoms with van der Waals surface area (Å²) in [6.45, 7) is 1.88. The molecule has 0 atom stereocenters. The van der Waals surface area contributed by atoms with Crippen molar-refractivity contribution < 1.29 is 14.7 Å². The van der Waals surface area contributed by atoms with Gasteiger partial charge in [0.25, 0.3) is 5.91 Å². The second kappa shape index (κ2) is 7.58. The number of benzene rings is 2. The molecule has 2 aliphatic rings. The molecule has 7 nitrogen and oxygen atoms in total. The fourth-order valence-corrected chi connectivity index (χ4v) is 3.68. The van der Waals surface area contributed by atoms with Crippen LogP contribution in [0.4, 0.5) is 10.5 Å². The van der Waals surface area contributed by atoms with Gasteiger partial charge in [-0.25, -0.2) is 4.79 Å². The molecule has 2 aliphatic carbocycles. The molecule has 3 aromatic rings. The highest BCUT2D eigenvalue weighted by Crippen LogP contribution is 2.42. The molecule has 2 amide bonds. The molecule has 0 radical (unpaired) electrons. The second-order valence-corrected chi connectivity index (χ2v) is 8.37. The maximum atomic E-state index is 12.6. The van der Waals surface area contributed by atoms with Crippen LogP contribution in [0.1, 0.15) is 53.2 Å². The van der Waals surface area contributed by atoms with Gasteiger partial charge in [-0.3, -0.25) is 4.79 Å². The van der Waals surface area contributed by atoms with E-state index in [1.54, 1.807) is 18.2 Å². The van der Waals surface area contributed by atoms with Gasteiger partial charge in [-0.05, 0) is 62.4 Å². The summed E-state index contributed by atoms with van der Waals surface area (Å²) in [6.07, 6.45) is 4.10. The molecule has 7 heteroatoms. The third kappa shape index (κ3) is 4.03. The molecule has 2 saturated carbocycles. The molecular formula is C24H24N4O3. The van der Waals surface area contributed by atoms with Gasteiger partial charge in [0.1, 0.15) is 5.75 Å². The number of rotatable bonds is 5. The summed E-state index contributed by atoms with van der Waals surface area (Å²) in [4.78, 5) is 25.1. The van der Waals surface area contributed by atoms with Crippen LogP contribution in [0.2, 0.25) is 0 Å². The fourth-order valence-electron chi connectivity index (χ4n) is 3.68. The number of hydrogen-bond donors (Lipinski definition) is 3. The lowest BCUT2D eigenvalue weighted by Gasteiger charge is -2.09. The monoisotopic (exact) mass is 416 g/mol. The molecular weight excluding hydrogens is 392 g/mol. The van der Waals surface area contributed by atoms with E-state index in [1.807, 2.05) is 31.2 Å². The molecule has 0 spiro atoms. The summed E-state index contributed by atoms with van der Waals surface area (Å²) in [5.41, 5.74) is 3.90. The molecule has 2 aromatic carbocycles. The van der Waals surface area contributed by atoms with E-state index in [4.69, 9.17) is 0 Å². The molecule has 1 heterocycles. The number of aromatic nitrogens is 2. The summed E-state index contributed by atoms with van der Waals surface area (Å²) >= 11 is 0. The maximum absolute atomic E-state index is 12.6. The standard InChI is InChI=1S/C24H24N4O3/c1-14-4-2-3-5-18(14)23(30)25-17-10-11-19(22(29)12-17)20-13-21(15-6-7-15)28(27-20)24(31)26-16-8-9-16/h2-5,10-13,15-16,29H,6-9H2,1H3,(H,25,30)(H,26,31). The number of carbonyl (C=O) groups excluding carboxylic acids is 2. The van der Waals surface area contributed by atoms with Gasteiger partial charge in [0, 0.05) is 34.8 Å². The van der Waals surface area contributed by atoms with E-state index in [9.17, 15) is 14.7 Å². The van der Waals surface area contributed by atoms with Crippen LogP contribution in [-0.2, 0) is 0 Å². The van der Waals surface area contributed by atoms with Crippen molar-refractivity contribution >= 4 is 17.6 Å². The number of aryl methyl sites for hydroxylation is 1. The van der Waals surface area contributed by atoms with Crippen molar-refractivity contribution in [2.24, 2.45) is 0 Å². The van der Waals surface area contributed by atoms with E-state index in [0.29, 0.717) is 28.4 Å². The molecule has 158 valence electrons. The van der Waals surface area contributed by atoms with Crippen LogP contribution < -0.4 is 10.6 Å². The van der Waals surface area contributed by atoms with Crippen molar-refractivity contribution in [3.05, 3.63) is 65.4 Å². The molecule has 0 unspecified atom stereocenters. The van der Waals surface area contributed by atoms with Crippen LogP contribution in [0.15, 0.2) is 48.5 Å². The van der Waals surface area contributed by atoms with Gasteiger partial charge in [0.2, 0.25) is 0 Å². The third-order valence-electron chi connectivity index (χ3n) is 5.75. The average molecular weight is 416 g/mol. The Bertz CT molecular complexity index is 1180. The molecule has 2 fully saturated rings. The Labute approximate surface area is 180 Å². The zero-order chi connectivity index (χ0) is 21.5. The maximum Gasteiger partial charge on any atom is 0.342 e. The molecule has 3 N–H and O–H groups in total. The number of hydrogen-bond acceptors (Lipinski definition) is 4. The smallest absolute Gasteiger partial charge is 0.342 e. The summed E-state index contributed by atoms with van der Waals surface area (Å²) < 4.78 is 1.44. The normalized spacial score (nSPS) is 15.5. The highest BCUT2D eigenvalue weighted by molar-refractivity contribution is 6.05. The summed E-state index contributed by atoms with van der Waals surface area (Å²) in [5, 5.41) is 20.9. The van der Waals surface area contributed by atoms with E-state index in [-0.39, 0.29) is 23.7 Å². The SMILES string of the molecule is Cc1ccccc1C(=O)Nc1ccc(-c2cc(C3CC3)n(C(=O)NC3CC3)n2)c(O)c1. The summed E-state index contributed by atoms with van der Waals surface area (Å²) in [6, 6.07) is 14.2. The van der Waals surface area contributed by atoms with Crippen molar-refractivity contribution in [3.8, 4) is 17.0 Å². The average Bonchev–Trinajstić information content (AvgIpc) is 3.68. The van der Waals surface area contributed by atoms with Crippen molar-refractivity contribution in [2.45, 2.75) is 44.6 Å². The molecule has 0 aliphatic heterocycles. The second-order valence-electron chi connectivity index (χ2n) is 8.37. The fraction of sp³-hybridized carbons (Fsp3) is 0.292. The molecule has 0 saturated heterocycles. The zero-order valence-corrected chi connectivity index (χ0v) is 17.3. The van der Waals surface area contributed by atoms with E-state index >= 15 is 0 Å². The number of phenolic OH excluding ortho intramolecular Hbond substituents is 1. The largest absolute Gasteiger partial charge is 0.507 e.